The molecule has 0 bridgehead atoms. The summed E-state index contributed by atoms with van der Waals surface area (Å²) in [6.45, 7) is 0. The standard InChI is InChI=1S/C24H27N7O/c1-29(2)24(32)17-10-8-16(9-11-17)21-14-19(22-23(25)26-15-28-31(21)22)20-12-13-27-30(20)18-6-4-3-5-7-18/h8-15,18H,3-7H2,1-2H3,(H2,25,26,28). The molecule has 2 N–H and O–H groups in total. The Morgan fingerprint density at radius 2 is 1.78 bits per heavy atom. The first kappa shape index (κ1) is 20.2. The molecule has 0 radical (unpaired) electrons. The minimum Gasteiger partial charge on any atom is -0.382 e. The molecule has 1 aliphatic carbocycles. The Hall–Kier alpha value is -3.68. The van der Waals surface area contributed by atoms with Crippen molar-refractivity contribution >= 4 is 17.2 Å². The second-order valence-electron chi connectivity index (χ2n) is 8.58. The van der Waals surface area contributed by atoms with Gasteiger partial charge in [0.2, 0.25) is 0 Å². The van der Waals surface area contributed by atoms with Crippen molar-refractivity contribution in [2.75, 3.05) is 19.8 Å². The lowest BCUT2D eigenvalue weighted by Crippen LogP contribution is -2.21. The number of hydrogen-bond acceptors (Lipinski definition) is 5. The Morgan fingerprint density at radius 3 is 2.50 bits per heavy atom. The van der Waals surface area contributed by atoms with Crippen LogP contribution < -0.4 is 5.73 Å². The van der Waals surface area contributed by atoms with Crippen molar-refractivity contribution in [1.29, 1.82) is 0 Å². The van der Waals surface area contributed by atoms with Crippen LogP contribution in [0.15, 0.2) is 48.9 Å². The molecule has 1 fully saturated rings. The number of carbonyl (C=O) groups excluding carboxylic acids is 1. The van der Waals surface area contributed by atoms with Crippen LogP contribution in [0.3, 0.4) is 0 Å². The fourth-order valence-corrected chi connectivity index (χ4v) is 4.65. The SMILES string of the molecule is CN(C)C(=O)c1ccc(-c2cc(-c3ccnn3C3CCCCC3)c3c(N)ncnn23)cc1. The number of nitrogens with zero attached hydrogens (tertiary/aromatic N) is 6. The third-order valence-electron chi connectivity index (χ3n) is 6.28. The van der Waals surface area contributed by atoms with Crippen LogP contribution in [0.25, 0.3) is 28.0 Å². The number of aromatic nitrogens is 5. The molecule has 1 saturated carbocycles. The molecule has 3 heterocycles. The van der Waals surface area contributed by atoms with Gasteiger partial charge in [-0.2, -0.15) is 10.2 Å². The van der Waals surface area contributed by atoms with E-state index in [1.165, 1.54) is 25.6 Å². The van der Waals surface area contributed by atoms with Crippen LogP contribution in [0.2, 0.25) is 0 Å². The monoisotopic (exact) mass is 429 g/mol. The van der Waals surface area contributed by atoms with E-state index in [0.717, 1.165) is 40.9 Å². The van der Waals surface area contributed by atoms with Crippen molar-refractivity contribution in [3.63, 3.8) is 0 Å². The molecular formula is C24H27N7O. The van der Waals surface area contributed by atoms with E-state index in [1.807, 2.05) is 41.0 Å². The lowest BCUT2D eigenvalue weighted by molar-refractivity contribution is 0.0827. The molecule has 0 aliphatic heterocycles. The van der Waals surface area contributed by atoms with Crippen LogP contribution in [0.1, 0.15) is 48.5 Å². The average Bonchev–Trinajstić information content (AvgIpc) is 3.45. The van der Waals surface area contributed by atoms with E-state index in [0.29, 0.717) is 17.4 Å². The number of fused-ring (bicyclic) bond motifs is 1. The zero-order chi connectivity index (χ0) is 22.2. The van der Waals surface area contributed by atoms with Gasteiger partial charge in [0.15, 0.2) is 5.82 Å². The molecule has 5 rings (SSSR count). The Bertz CT molecular complexity index is 1260. The van der Waals surface area contributed by atoms with Gasteiger partial charge in [-0.05, 0) is 37.1 Å². The highest BCUT2D eigenvalue weighted by molar-refractivity contribution is 5.95. The molecule has 3 aromatic heterocycles. The summed E-state index contributed by atoms with van der Waals surface area (Å²) in [5.74, 6) is 0.400. The molecule has 0 unspecified atom stereocenters. The summed E-state index contributed by atoms with van der Waals surface area (Å²) in [5, 5.41) is 9.16. The summed E-state index contributed by atoms with van der Waals surface area (Å²) in [6, 6.07) is 12.1. The van der Waals surface area contributed by atoms with Gasteiger partial charge in [0.25, 0.3) is 5.91 Å². The van der Waals surface area contributed by atoms with Crippen LogP contribution in [0.4, 0.5) is 5.82 Å². The summed E-state index contributed by atoms with van der Waals surface area (Å²) in [5.41, 5.74) is 11.6. The van der Waals surface area contributed by atoms with Crippen molar-refractivity contribution in [2.45, 2.75) is 38.1 Å². The quantitative estimate of drug-likeness (QED) is 0.528. The van der Waals surface area contributed by atoms with E-state index < -0.39 is 0 Å². The first-order chi connectivity index (χ1) is 15.5. The van der Waals surface area contributed by atoms with Gasteiger partial charge >= 0.3 is 0 Å². The summed E-state index contributed by atoms with van der Waals surface area (Å²) in [7, 11) is 3.50. The highest BCUT2D eigenvalue weighted by Crippen LogP contribution is 2.37. The zero-order valence-corrected chi connectivity index (χ0v) is 18.4. The number of nitrogens with two attached hydrogens (primary N) is 1. The third kappa shape index (κ3) is 3.41. The summed E-state index contributed by atoms with van der Waals surface area (Å²) in [6.07, 6.45) is 9.36. The van der Waals surface area contributed by atoms with Crippen molar-refractivity contribution in [1.82, 2.24) is 29.3 Å². The van der Waals surface area contributed by atoms with Gasteiger partial charge in [0, 0.05) is 37.0 Å². The normalized spacial score (nSPS) is 14.7. The van der Waals surface area contributed by atoms with E-state index in [4.69, 9.17) is 5.73 Å². The van der Waals surface area contributed by atoms with E-state index in [-0.39, 0.29) is 5.91 Å². The number of anilines is 1. The Balaban J connectivity index is 1.63. The average molecular weight is 430 g/mol. The van der Waals surface area contributed by atoms with Crippen LogP contribution in [-0.2, 0) is 0 Å². The molecule has 0 saturated heterocycles. The maximum absolute atomic E-state index is 12.3. The lowest BCUT2D eigenvalue weighted by atomic mass is 9.95. The predicted octanol–water partition coefficient (Wildman–Crippen LogP) is 4.05. The van der Waals surface area contributed by atoms with Gasteiger partial charge in [-0.1, -0.05) is 31.4 Å². The second kappa shape index (κ2) is 8.11. The summed E-state index contributed by atoms with van der Waals surface area (Å²) in [4.78, 5) is 18.1. The number of amides is 1. The maximum Gasteiger partial charge on any atom is 0.253 e. The zero-order valence-electron chi connectivity index (χ0n) is 18.4. The van der Waals surface area contributed by atoms with Crippen molar-refractivity contribution in [3.05, 3.63) is 54.5 Å². The van der Waals surface area contributed by atoms with Gasteiger partial charge in [-0.3, -0.25) is 9.48 Å². The largest absolute Gasteiger partial charge is 0.382 e. The van der Waals surface area contributed by atoms with Crippen LogP contribution in [-0.4, -0.2) is 49.3 Å². The lowest BCUT2D eigenvalue weighted by Gasteiger charge is -2.23. The molecular weight excluding hydrogens is 402 g/mol. The highest BCUT2D eigenvalue weighted by Gasteiger charge is 2.23. The van der Waals surface area contributed by atoms with Crippen molar-refractivity contribution in [3.8, 4) is 22.5 Å². The van der Waals surface area contributed by atoms with Crippen LogP contribution in [0.5, 0.6) is 0 Å². The minimum absolute atomic E-state index is 0.0276. The van der Waals surface area contributed by atoms with Crippen molar-refractivity contribution in [2.24, 2.45) is 0 Å². The predicted molar refractivity (Wildman–Crippen MR) is 124 cm³/mol. The van der Waals surface area contributed by atoms with E-state index >= 15 is 0 Å². The Kier molecular flexibility index (Phi) is 5.13. The van der Waals surface area contributed by atoms with Gasteiger partial charge < -0.3 is 10.6 Å². The molecule has 8 nitrogen and oxygen atoms in total. The van der Waals surface area contributed by atoms with Crippen molar-refractivity contribution < 1.29 is 4.79 Å². The van der Waals surface area contributed by atoms with E-state index in [2.05, 4.69) is 25.9 Å². The molecule has 4 aromatic rings. The molecule has 8 heteroatoms. The van der Waals surface area contributed by atoms with Gasteiger partial charge in [0.1, 0.15) is 11.8 Å². The molecule has 0 atom stereocenters. The summed E-state index contributed by atoms with van der Waals surface area (Å²) >= 11 is 0. The number of rotatable bonds is 4. The van der Waals surface area contributed by atoms with Gasteiger partial charge in [-0.25, -0.2) is 9.50 Å². The molecule has 164 valence electrons. The maximum atomic E-state index is 12.3. The molecule has 1 aromatic carbocycles. The number of nitrogen functional groups attached to an aromatic ring is 1. The van der Waals surface area contributed by atoms with Crippen LogP contribution in [0, 0.1) is 0 Å². The minimum atomic E-state index is -0.0276. The highest BCUT2D eigenvalue weighted by atomic mass is 16.2. The van der Waals surface area contributed by atoms with Gasteiger partial charge in [-0.15, -0.1) is 0 Å². The number of carbonyl (C=O) groups is 1. The Labute approximate surface area is 186 Å². The molecule has 0 spiro atoms. The topological polar surface area (TPSA) is 94.3 Å². The number of benzene rings is 1. The fraction of sp³-hybridized carbons (Fsp3) is 0.333. The summed E-state index contributed by atoms with van der Waals surface area (Å²) < 4.78 is 3.97. The van der Waals surface area contributed by atoms with Gasteiger partial charge in [0.05, 0.1) is 17.4 Å². The Morgan fingerprint density at radius 1 is 1.03 bits per heavy atom. The first-order valence-electron chi connectivity index (χ1n) is 11.0. The third-order valence-corrected chi connectivity index (χ3v) is 6.28. The smallest absolute Gasteiger partial charge is 0.253 e. The molecule has 1 amide bonds. The van der Waals surface area contributed by atoms with Crippen LogP contribution >= 0.6 is 0 Å². The van der Waals surface area contributed by atoms with E-state index in [1.54, 1.807) is 19.0 Å². The fourth-order valence-electron chi connectivity index (χ4n) is 4.65. The van der Waals surface area contributed by atoms with E-state index in [9.17, 15) is 4.79 Å². The molecule has 32 heavy (non-hydrogen) atoms. The second-order valence-corrected chi connectivity index (χ2v) is 8.58. The first-order valence-corrected chi connectivity index (χ1v) is 11.0. The number of hydrogen-bond donors (Lipinski definition) is 1. The molecule has 1 aliphatic rings.